The predicted molar refractivity (Wildman–Crippen MR) is 118 cm³/mol. The molecule has 0 fully saturated rings. The average molecular weight is 439 g/mol. The van der Waals surface area contributed by atoms with Crippen molar-refractivity contribution in [2.75, 3.05) is 11.4 Å². The van der Waals surface area contributed by atoms with E-state index in [0.717, 1.165) is 5.56 Å². The molecule has 160 valence electrons. The fourth-order valence-corrected chi connectivity index (χ4v) is 3.54. The second kappa shape index (κ2) is 10.9. The highest BCUT2D eigenvalue weighted by Crippen LogP contribution is 2.28. The Kier molecular flexibility index (Phi) is 7.72. The van der Waals surface area contributed by atoms with Crippen LogP contribution < -0.4 is 15.5 Å². The number of thiazole rings is 1. The predicted octanol–water partition coefficient (Wildman–Crippen LogP) is 3.37. The first-order valence-electron chi connectivity index (χ1n) is 9.54. The molecule has 9 heteroatoms. The normalized spacial score (nSPS) is 10.2. The topological polar surface area (TPSA) is 101 Å². The Morgan fingerprint density at radius 3 is 2.35 bits per heavy atom. The quantitative estimate of drug-likeness (QED) is 0.525. The van der Waals surface area contributed by atoms with Crippen molar-refractivity contribution in [3.8, 4) is 0 Å². The lowest BCUT2D eigenvalue weighted by molar-refractivity contribution is -0.143. The van der Waals surface area contributed by atoms with Crippen molar-refractivity contribution in [1.82, 2.24) is 15.6 Å². The van der Waals surface area contributed by atoms with Crippen LogP contribution in [0.4, 0.5) is 15.6 Å². The lowest BCUT2D eigenvalue weighted by Gasteiger charge is -2.17. The Balaban J connectivity index is 1.45. The van der Waals surface area contributed by atoms with E-state index in [0.29, 0.717) is 23.1 Å². The Hall–Kier alpha value is -3.72. The number of esters is 1. The number of ether oxygens (including phenoxy) is 1. The Labute approximate surface area is 183 Å². The molecule has 31 heavy (non-hydrogen) atoms. The zero-order valence-corrected chi connectivity index (χ0v) is 17.7. The molecular weight excluding hydrogens is 416 g/mol. The highest BCUT2D eigenvalue weighted by molar-refractivity contribution is 7.14. The van der Waals surface area contributed by atoms with E-state index in [1.54, 1.807) is 5.38 Å². The van der Waals surface area contributed by atoms with E-state index in [1.165, 1.54) is 23.2 Å². The number of rotatable bonds is 8. The minimum absolute atomic E-state index is 0.0524. The third-order valence-electron chi connectivity index (χ3n) is 4.13. The van der Waals surface area contributed by atoms with Crippen LogP contribution >= 0.6 is 11.3 Å². The van der Waals surface area contributed by atoms with Gasteiger partial charge in [-0.25, -0.2) is 9.78 Å². The number of hydrogen-bond donors (Lipinski definition) is 2. The number of amides is 3. The first-order chi connectivity index (χ1) is 15.0. The number of anilines is 2. The lowest BCUT2D eigenvalue weighted by Crippen LogP contribution is -2.38. The number of carbonyl (C=O) groups is 3. The molecule has 0 aliphatic heterocycles. The van der Waals surface area contributed by atoms with Crippen LogP contribution in [0.1, 0.15) is 18.2 Å². The SMILES string of the molecule is CC(=O)N(c1ccccc1)c1nc(COC(=O)CNC(=O)NCc2ccccc2)cs1. The van der Waals surface area contributed by atoms with Crippen LogP contribution in [0, 0.1) is 0 Å². The molecule has 0 aliphatic rings. The van der Waals surface area contributed by atoms with Crippen LogP contribution in [0.25, 0.3) is 0 Å². The van der Waals surface area contributed by atoms with E-state index in [1.807, 2.05) is 60.7 Å². The second-order valence-corrected chi connectivity index (χ2v) is 7.33. The average Bonchev–Trinajstić information content (AvgIpc) is 3.24. The van der Waals surface area contributed by atoms with Crippen molar-refractivity contribution in [2.24, 2.45) is 0 Å². The molecule has 0 saturated carbocycles. The van der Waals surface area contributed by atoms with E-state index >= 15 is 0 Å². The fraction of sp³-hybridized carbons (Fsp3) is 0.182. The van der Waals surface area contributed by atoms with Gasteiger partial charge in [-0.15, -0.1) is 11.3 Å². The molecule has 2 N–H and O–H groups in total. The third kappa shape index (κ3) is 6.65. The van der Waals surface area contributed by atoms with Crippen LogP contribution in [0.15, 0.2) is 66.0 Å². The maximum absolute atomic E-state index is 12.1. The molecule has 0 bridgehead atoms. The Bertz CT molecular complexity index is 1020. The van der Waals surface area contributed by atoms with Gasteiger partial charge in [0, 0.05) is 18.8 Å². The van der Waals surface area contributed by atoms with Gasteiger partial charge in [-0.05, 0) is 17.7 Å². The van der Waals surface area contributed by atoms with Crippen LogP contribution in [0.5, 0.6) is 0 Å². The number of nitrogens with zero attached hydrogens (tertiary/aromatic N) is 2. The van der Waals surface area contributed by atoms with Crippen molar-refractivity contribution in [2.45, 2.75) is 20.1 Å². The van der Waals surface area contributed by atoms with E-state index in [4.69, 9.17) is 4.74 Å². The molecule has 0 atom stereocenters. The van der Waals surface area contributed by atoms with E-state index < -0.39 is 12.0 Å². The van der Waals surface area contributed by atoms with Gasteiger partial charge >= 0.3 is 12.0 Å². The molecule has 0 spiro atoms. The molecule has 8 nitrogen and oxygen atoms in total. The summed E-state index contributed by atoms with van der Waals surface area (Å²) in [6.45, 7) is 1.50. The first-order valence-corrected chi connectivity index (χ1v) is 10.4. The standard InChI is InChI=1S/C22H22N4O4S/c1-16(27)26(19-10-6-3-7-11-19)22-25-18(15-31-22)14-30-20(28)13-24-21(29)23-12-17-8-4-2-5-9-17/h2-11,15H,12-14H2,1H3,(H2,23,24,29). The van der Waals surface area contributed by atoms with Gasteiger partial charge < -0.3 is 15.4 Å². The van der Waals surface area contributed by atoms with E-state index in [2.05, 4.69) is 15.6 Å². The Morgan fingerprint density at radius 2 is 1.68 bits per heavy atom. The highest BCUT2D eigenvalue weighted by atomic mass is 32.1. The van der Waals surface area contributed by atoms with Crippen molar-refractivity contribution in [3.05, 3.63) is 77.3 Å². The minimum Gasteiger partial charge on any atom is -0.458 e. The number of para-hydroxylation sites is 1. The summed E-state index contributed by atoms with van der Waals surface area (Å²) in [7, 11) is 0. The van der Waals surface area contributed by atoms with E-state index in [9.17, 15) is 14.4 Å². The number of nitrogens with one attached hydrogen (secondary N) is 2. The van der Waals surface area contributed by atoms with Gasteiger partial charge in [0.05, 0.1) is 11.4 Å². The van der Waals surface area contributed by atoms with Gasteiger partial charge in [-0.1, -0.05) is 48.5 Å². The van der Waals surface area contributed by atoms with E-state index in [-0.39, 0.29) is 19.1 Å². The number of carbonyl (C=O) groups excluding carboxylic acids is 3. The summed E-state index contributed by atoms with van der Waals surface area (Å²) >= 11 is 1.28. The molecular formula is C22H22N4O4S. The van der Waals surface area contributed by atoms with Crippen molar-refractivity contribution < 1.29 is 19.1 Å². The molecule has 2 aromatic carbocycles. The summed E-state index contributed by atoms with van der Waals surface area (Å²) in [6, 6.07) is 18.1. The van der Waals surface area contributed by atoms with Crippen molar-refractivity contribution in [1.29, 1.82) is 0 Å². The minimum atomic E-state index is -0.587. The fourth-order valence-electron chi connectivity index (χ4n) is 2.67. The zero-order valence-electron chi connectivity index (χ0n) is 16.9. The molecule has 3 rings (SSSR count). The van der Waals surface area contributed by atoms with Gasteiger partial charge in [0.1, 0.15) is 13.2 Å². The van der Waals surface area contributed by atoms with Gasteiger partial charge in [-0.2, -0.15) is 0 Å². The molecule has 0 aliphatic carbocycles. The Morgan fingerprint density at radius 1 is 1.00 bits per heavy atom. The number of aromatic nitrogens is 1. The monoisotopic (exact) mass is 438 g/mol. The largest absolute Gasteiger partial charge is 0.458 e. The lowest BCUT2D eigenvalue weighted by atomic mass is 10.2. The maximum atomic E-state index is 12.1. The molecule has 0 radical (unpaired) electrons. The zero-order chi connectivity index (χ0) is 22.1. The van der Waals surface area contributed by atoms with Crippen LogP contribution in [-0.2, 0) is 27.5 Å². The third-order valence-corrected chi connectivity index (χ3v) is 5.01. The molecule has 1 heterocycles. The first kappa shape index (κ1) is 22.0. The summed E-state index contributed by atoms with van der Waals surface area (Å²) in [4.78, 5) is 41.7. The van der Waals surface area contributed by atoms with Gasteiger partial charge in [0.25, 0.3) is 0 Å². The molecule has 3 aromatic rings. The van der Waals surface area contributed by atoms with Crippen LogP contribution in [0.3, 0.4) is 0 Å². The van der Waals surface area contributed by atoms with Crippen molar-refractivity contribution in [3.63, 3.8) is 0 Å². The van der Waals surface area contributed by atoms with Crippen LogP contribution in [-0.4, -0.2) is 29.4 Å². The molecule has 0 saturated heterocycles. The number of urea groups is 1. The maximum Gasteiger partial charge on any atom is 0.325 e. The van der Waals surface area contributed by atoms with Crippen molar-refractivity contribution >= 4 is 40.1 Å². The highest BCUT2D eigenvalue weighted by Gasteiger charge is 2.18. The van der Waals surface area contributed by atoms with Gasteiger partial charge in [0.2, 0.25) is 5.91 Å². The second-order valence-electron chi connectivity index (χ2n) is 6.49. The van der Waals surface area contributed by atoms with Gasteiger partial charge in [-0.3, -0.25) is 14.5 Å². The number of benzene rings is 2. The van der Waals surface area contributed by atoms with Crippen LogP contribution in [0.2, 0.25) is 0 Å². The summed E-state index contributed by atoms with van der Waals surface area (Å²) in [5, 5.41) is 7.33. The molecule has 0 unspecified atom stereocenters. The summed E-state index contributed by atoms with van der Waals surface area (Å²) < 4.78 is 5.16. The summed E-state index contributed by atoms with van der Waals surface area (Å²) in [5.74, 6) is -0.759. The molecule has 3 amide bonds. The van der Waals surface area contributed by atoms with Gasteiger partial charge in [0.15, 0.2) is 5.13 Å². The summed E-state index contributed by atoms with van der Waals surface area (Å²) in [5.41, 5.74) is 2.18. The number of hydrogen-bond acceptors (Lipinski definition) is 6. The smallest absolute Gasteiger partial charge is 0.325 e. The molecule has 1 aromatic heterocycles. The summed E-state index contributed by atoms with van der Waals surface area (Å²) in [6.07, 6.45) is 0.